The number of esters is 1. The molecule has 1 amide bonds. The number of rotatable bonds is 10. The summed E-state index contributed by atoms with van der Waals surface area (Å²) in [4.78, 5) is 24.4. The highest BCUT2D eigenvalue weighted by atomic mass is 32.1. The number of nitrogens with one attached hydrogen (secondary N) is 1. The van der Waals surface area contributed by atoms with Crippen molar-refractivity contribution in [2.75, 3.05) is 26.9 Å². The summed E-state index contributed by atoms with van der Waals surface area (Å²) in [6.45, 7) is 0.319. The Morgan fingerprint density at radius 2 is 1.92 bits per heavy atom. The molecule has 6 nitrogen and oxygen atoms in total. The van der Waals surface area contributed by atoms with Crippen LogP contribution in [0, 0.1) is 0 Å². The van der Waals surface area contributed by atoms with E-state index in [1.807, 2.05) is 29.6 Å². The van der Waals surface area contributed by atoms with Crippen LogP contribution in [0.3, 0.4) is 0 Å². The maximum Gasteiger partial charge on any atom is 0.306 e. The van der Waals surface area contributed by atoms with Gasteiger partial charge < -0.3 is 19.5 Å². The zero-order valence-electron chi connectivity index (χ0n) is 14.0. The maximum atomic E-state index is 11.6. The summed E-state index contributed by atoms with van der Waals surface area (Å²) in [6, 6.07) is 11.2. The van der Waals surface area contributed by atoms with E-state index in [9.17, 15) is 9.59 Å². The number of hydrogen-bond donors (Lipinski definition) is 1. The molecule has 25 heavy (non-hydrogen) atoms. The van der Waals surface area contributed by atoms with Crippen molar-refractivity contribution in [3.63, 3.8) is 0 Å². The van der Waals surface area contributed by atoms with Gasteiger partial charge in [-0.05, 0) is 30.0 Å². The Labute approximate surface area is 150 Å². The minimum absolute atomic E-state index is 0.269. The van der Waals surface area contributed by atoms with Crippen LogP contribution in [-0.2, 0) is 20.7 Å². The lowest BCUT2D eigenvalue weighted by Crippen LogP contribution is -2.32. The average molecular weight is 363 g/mol. The number of aryl methyl sites for hydroxylation is 1. The lowest BCUT2D eigenvalue weighted by Gasteiger charge is -2.11. The number of ether oxygens (including phenoxy) is 3. The smallest absolute Gasteiger partial charge is 0.306 e. The number of para-hydroxylation sites is 2. The molecule has 0 unspecified atom stereocenters. The van der Waals surface area contributed by atoms with Gasteiger partial charge >= 0.3 is 5.97 Å². The lowest BCUT2D eigenvalue weighted by atomic mass is 10.3. The molecular formula is C18H21NO5S. The van der Waals surface area contributed by atoms with Gasteiger partial charge in [0.15, 0.2) is 18.1 Å². The third-order valence-corrected chi connectivity index (χ3v) is 4.21. The fourth-order valence-corrected chi connectivity index (χ4v) is 2.75. The van der Waals surface area contributed by atoms with E-state index in [-0.39, 0.29) is 24.9 Å². The van der Waals surface area contributed by atoms with Crippen LogP contribution in [-0.4, -0.2) is 38.7 Å². The highest BCUT2D eigenvalue weighted by molar-refractivity contribution is 7.09. The molecule has 7 heteroatoms. The number of carbonyl (C=O) groups excluding carboxylic acids is 2. The fourth-order valence-electron chi connectivity index (χ4n) is 2.04. The molecule has 1 aromatic heterocycles. The molecule has 134 valence electrons. The van der Waals surface area contributed by atoms with Crippen molar-refractivity contribution >= 4 is 23.2 Å². The topological polar surface area (TPSA) is 73.9 Å². The van der Waals surface area contributed by atoms with Crippen molar-refractivity contribution < 1.29 is 23.8 Å². The van der Waals surface area contributed by atoms with E-state index in [1.165, 1.54) is 0 Å². The monoisotopic (exact) mass is 363 g/mol. The minimum Gasteiger partial charge on any atom is -0.493 e. The van der Waals surface area contributed by atoms with Crippen molar-refractivity contribution in [2.24, 2.45) is 0 Å². The van der Waals surface area contributed by atoms with Crippen LogP contribution in [0.5, 0.6) is 11.5 Å². The van der Waals surface area contributed by atoms with E-state index in [1.54, 1.807) is 30.6 Å². The molecule has 0 fully saturated rings. The van der Waals surface area contributed by atoms with Crippen molar-refractivity contribution in [1.82, 2.24) is 5.32 Å². The van der Waals surface area contributed by atoms with Gasteiger partial charge in [0.1, 0.15) is 6.61 Å². The lowest BCUT2D eigenvalue weighted by molar-refractivity contribution is -0.148. The second-order valence-electron chi connectivity index (χ2n) is 5.09. The largest absolute Gasteiger partial charge is 0.493 e. The molecular weight excluding hydrogens is 342 g/mol. The predicted molar refractivity (Wildman–Crippen MR) is 95.1 cm³/mol. The number of methoxy groups -OCH3 is 1. The number of hydrogen-bond acceptors (Lipinski definition) is 6. The Hall–Kier alpha value is -2.54. The molecule has 0 spiro atoms. The van der Waals surface area contributed by atoms with Crippen molar-refractivity contribution in [3.8, 4) is 11.5 Å². The summed E-state index contributed by atoms with van der Waals surface area (Å²) in [7, 11) is 1.57. The molecule has 0 atom stereocenters. The van der Waals surface area contributed by atoms with Crippen LogP contribution in [0.1, 0.15) is 11.3 Å². The normalized spacial score (nSPS) is 10.1. The van der Waals surface area contributed by atoms with E-state index in [0.717, 1.165) is 4.88 Å². The first-order chi connectivity index (χ1) is 12.2. The van der Waals surface area contributed by atoms with E-state index in [2.05, 4.69) is 5.32 Å². The van der Waals surface area contributed by atoms with Crippen molar-refractivity contribution in [2.45, 2.75) is 12.8 Å². The Balaban J connectivity index is 1.57. The highest BCUT2D eigenvalue weighted by Crippen LogP contribution is 2.25. The molecule has 0 radical (unpaired) electrons. The van der Waals surface area contributed by atoms with Crippen LogP contribution in [0.4, 0.5) is 0 Å². The van der Waals surface area contributed by atoms with Crippen LogP contribution >= 0.6 is 11.3 Å². The number of amides is 1. The molecule has 2 aromatic rings. The standard InChI is InChI=1S/C18H21NO5S/c1-22-15-6-2-3-7-16(15)23-11-10-19-17(20)13-24-18(21)9-8-14-5-4-12-25-14/h2-7,12H,8-11,13H2,1H3,(H,19,20). The predicted octanol–water partition coefficient (Wildman–Crippen LogP) is 2.43. The maximum absolute atomic E-state index is 11.6. The first kappa shape index (κ1) is 18.8. The first-order valence-corrected chi connectivity index (χ1v) is 8.77. The zero-order chi connectivity index (χ0) is 17.9. The Bertz CT molecular complexity index is 672. The first-order valence-electron chi connectivity index (χ1n) is 7.89. The molecule has 0 saturated carbocycles. The van der Waals surface area contributed by atoms with Crippen LogP contribution in [0.25, 0.3) is 0 Å². The van der Waals surface area contributed by atoms with E-state index in [4.69, 9.17) is 14.2 Å². The fraction of sp³-hybridized carbons (Fsp3) is 0.333. The summed E-state index contributed by atoms with van der Waals surface area (Å²) in [6.07, 6.45) is 0.898. The Morgan fingerprint density at radius 3 is 2.64 bits per heavy atom. The van der Waals surface area contributed by atoms with Crippen LogP contribution < -0.4 is 14.8 Å². The quantitative estimate of drug-likeness (QED) is 0.518. The third kappa shape index (κ3) is 6.84. The molecule has 0 aliphatic heterocycles. The molecule has 0 aliphatic rings. The van der Waals surface area contributed by atoms with Gasteiger partial charge in [0.05, 0.1) is 20.1 Å². The van der Waals surface area contributed by atoms with Crippen molar-refractivity contribution in [3.05, 3.63) is 46.7 Å². The molecule has 1 heterocycles. The van der Waals surface area contributed by atoms with Gasteiger partial charge in [-0.2, -0.15) is 0 Å². The summed E-state index contributed by atoms with van der Waals surface area (Å²) < 4.78 is 15.7. The van der Waals surface area contributed by atoms with Gasteiger partial charge in [0.25, 0.3) is 5.91 Å². The second-order valence-corrected chi connectivity index (χ2v) is 6.12. The van der Waals surface area contributed by atoms with E-state index >= 15 is 0 Å². The van der Waals surface area contributed by atoms with Gasteiger partial charge in [-0.1, -0.05) is 18.2 Å². The van der Waals surface area contributed by atoms with Gasteiger partial charge in [-0.15, -0.1) is 11.3 Å². The van der Waals surface area contributed by atoms with E-state index < -0.39 is 0 Å². The second kappa shape index (κ2) is 10.4. The summed E-state index contributed by atoms with van der Waals surface area (Å²) in [5.41, 5.74) is 0. The van der Waals surface area contributed by atoms with Gasteiger partial charge in [-0.25, -0.2) is 0 Å². The number of thiophene rings is 1. The molecule has 0 bridgehead atoms. The zero-order valence-corrected chi connectivity index (χ0v) is 14.8. The summed E-state index contributed by atoms with van der Waals surface area (Å²) >= 11 is 1.59. The third-order valence-electron chi connectivity index (χ3n) is 3.27. The average Bonchev–Trinajstić information content (AvgIpc) is 3.15. The number of carbonyl (C=O) groups is 2. The van der Waals surface area contributed by atoms with E-state index in [0.29, 0.717) is 31.1 Å². The molecule has 1 N–H and O–H groups in total. The Kier molecular flexibility index (Phi) is 7.78. The molecule has 0 saturated heterocycles. The summed E-state index contributed by atoms with van der Waals surface area (Å²) in [5.74, 6) is 0.509. The highest BCUT2D eigenvalue weighted by Gasteiger charge is 2.08. The molecule has 0 aliphatic carbocycles. The molecule has 1 aromatic carbocycles. The van der Waals surface area contributed by atoms with Crippen LogP contribution in [0.2, 0.25) is 0 Å². The summed E-state index contributed by atoms with van der Waals surface area (Å²) in [5, 5.41) is 4.60. The van der Waals surface area contributed by atoms with Crippen molar-refractivity contribution in [1.29, 1.82) is 0 Å². The molecule has 2 rings (SSSR count). The number of benzene rings is 1. The van der Waals surface area contributed by atoms with Gasteiger partial charge in [-0.3, -0.25) is 9.59 Å². The van der Waals surface area contributed by atoms with Gasteiger partial charge in [0.2, 0.25) is 0 Å². The van der Waals surface area contributed by atoms with Crippen LogP contribution in [0.15, 0.2) is 41.8 Å². The van der Waals surface area contributed by atoms with Gasteiger partial charge in [0, 0.05) is 4.88 Å². The SMILES string of the molecule is COc1ccccc1OCCNC(=O)COC(=O)CCc1cccs1. The minimum atomic E-state index is -0.381. The Morgan fingerprint density at radius 1 is 1.12 bits per heavy atom.